The molecule has 2 aromatic rings. The zero-order valence-corrected chi connectivity index (χ0v) is 16.1. The first kappa shape index (κ1) is 19.9. The number of anilines is 1. The van der Waals surface area contributed by atoms with Crippen LogP contribution < -0.4 is 10.0 Å². The van der Waals surface area contributed by atoms with Gasteiger partial charge in [-0.05, 0) is 47.4 Å². The number of hydrogen-bond acceptors (Lipinski definition) is 3. The molecule has 0 fully saturated rings. The van der Waals surface area contributed by atoms with E-state index in [1.54, 1.807) is 24.3 Å². The van der Waals surface area contributed by atoms with Crippen LogP contribution in [0.25, 0.3) is 0 Å². The number of sulfonamides is 1. The Bertz CT molecular complexity index is 878. The van der Waals surface area contributed by atoms with Gasteiger partial charge in [0.2, 0.25) is 10.0 Å². The average Bonchev–Trinajstić information content (AvgIpc) is 2.60. The van der Waals surface area contributed by atoms with E-state index in [1.165, 1.54) is 18.2 Å². The highest BCUT2D eigenvalue weighted by Crippen LogP contribution is 2.22. The van der Waals surface area contributed by atoms with Crippen molar-refractivity contribution < 1.29 is 13.2 Å². The van der Waals surface area contributed by atoms with Crippen LogP contribution in [0.3, 0.4) is 0 Å². The van der Waals surface area contributed by atoms with Gasteiger partial charge in [-0.3, -0.25) is 4.79 Å². The normalized spacial score (nSPS) is 11.8. The van der Waals surface area contributed by atoms with E-state index in [0.717, 1.165) is 5.56 Å². The molecule has 0 atom stereocenters. The zero-order chi connectivity index (χ0) is 19.4. The summed E-state index contributed by atoms with van der Waals surface area (Å²) in [5.74, 6) is -0.245. The summed E-state index contributed by atoms with van der Waals surface area (Å²) in [7, 11) is -3.57. The van der Waals surface area contributed by atoms with Gasteiger partial charge in [-0.2, -0.15) is 0 Å². The molecule has 1 amide bonds. The van der Waals surface area contributed by atoms with Gasteiger partial charge >= 0.3 is 0 Å². The van der Waals surface area contributed by atoms with E-state index >= 15 is 0 Å². The number of carbonyl (C=O) groups excluding carboxylic acids is 1. The minimum absolute atomic E-state index is 0.0238. The first-order valence-corrected chi connectivity index (χ1v) is 9.74. The highest BCUT2D eigenvalue weighted by atomic mass is 32.2. The van der Waals surface area contributed by atoms with Crippen LogP contribution in [0.2, 0.25) is 0 Å². The molecule has 6 heteroatoms. The summed E-state index contributed by atoms with van der Waals surface area (Å²) in [5, 5.41) is 2.77. The predicted molar refractivity (Wildman–Crippen MR) is 105 cm³/mol. The second kappa shape index (κ2) is 7.85. The maximum absolute atomic E-state index is 12.3. The van der Waals surface area contributed by atoms with Crippen molar-refractivity contribution in [3.8, 4) is 0 Å². The van der Waals surface area contributed by atoms with Crippen molar-refractivity contribution in [3.05, 3.63) is 72.3 Å². The third-order valence-corrected chi connectivity index (χ3v) is 5.29. The average molecular weight is 372 g/mol. The molecule has 0 aromatic heterocycles. The molecule has 138 valence electrons. The van der Waals surface area contributed by atoms with Gasteiger partial charge in [0, 0.05) is 17.8 Å². The fraction of sp³-hybridized carbons (Fsp3) is 0.250. The zero-order valence-electron chi connectivity index (χ0n) is 15.2. The van der Waals surface area contributed by atoms with Crippen LogP contribution in [-0.2, 0) is 15.4 Å². The molecular weight excluding hydrogens is 348 g/mol. The van der Waals surface area contributed by atoms with Crippen molar-refractivity contribution in [1.82, 2.24) is 4.72 Å². The Morgan fingerprint density at radius 2 is 1.62 bits per heavy atom. The van der Waals surface area contributed by atoms with Gasteiger partial charge in [0.1, 0.15) is 0 Å². The Morgan fingerprint density at radius 3 is 2.12 bits per heavy atom. The van der Waals surface area contributed by atoms with E-state index < -0.39 is 10.0 Å². The lowest BCUT2D eigenvalue weighted by molar-refractivity contribution is 0.102. The van der Waals surface area contributed by atoms with E-state index in [2.05, 4.69) is 37.4 Å². The fourth-order valence-electron chi connectivity index (χ4n) is 2.29. The molecule has 0 radical (unpaired) electrons. The van der Waals surface area contributed by atoms with Gasteiger partial charge in [0.05, 0.1) is 4.90 Å². The Balaban J connectivity index is 2.09. The molecule has 2 rings (SSSR count). The second-order valence-corrected chi connectivity index (χ2v) is 8.71. The van der Waals surface area contributed by atoms with E-state index in [1.807, 2.05) is 12.1 Å². The first-order chi connectivity index (χ1) is 12.1. The largest absolute Gasteiger partial charge is 0.322 e. The fourth-order valence-corrected chi connectivity index (χ4v) is 3.29. The number of amides is 1. The molecule has 0 aliphatic rings. The monoisotopic (exact) mass is 372 g/mol. The van der Waals surface area contributed by atoms with Crippen molar-refractivity contribution in [2.45, 2.75) is 31.1 Å². The molecule has 26 heavy (non-hydrogen) atoms. The molecule has 2 N–H and O–H groups in total. The summed E-state index contributed by atoms with van der Waals surface area (Å²) in [5.41, 5.74) is 2.24. The SMILES string of the molecule is C=CCNS(=O)(=O)c1ccc(NC(=O)c2ccc(C(C)(C)C)cc2)cc1. The molecule has 0 unspecified atom stereocenters. The van der Waals surface area contributed by atoms with Crippen molar-refractivity contribution in [3.63, 3.8) is 0 Å². The van der Waals surface area contributed by atoms with Crippen LogP contribution in [0.1, 0.15) is 36.7 Å². The Hall–Kier alpha value is -2.44. The van der Waals surface area contributed by atoms with Crippen LogP contribution >= 0.6 is 0 Å². The van der Waals surface area contributed by atoms with E-state index in [-0.39, 0.29) is 22.8 Å². The van der Waals surface area contributed by atoms with E-state index in [9.17, 15) is 13.2 Å². The lowest BCUT2D eigenvalue weighted by Crippen LogP contribution is -2.23. The molecular formula is C20H24N2O3S. The molecule has 5 nitrogen and oxygen atoms in total. The van der Waals surface area contributed by atoms with Gasteiger partial charge in [0.25, 0.3) is 5.91 Å². The Morgan fingerprint density at radius 1 is 1.04 bits per heavy atom. The van der Waals surface area contributed by atoms with Gasteiger partial charge < -0.3 is 5.32 Å². The molecule has 2 aromatic carbocycles. The van der Waals surface area contributed by atoms with Crippen LogP contribution in [-0.4, -0.2) is 20.9 Å². The molecule has 0 saturated carbocycles. The third kappa shape index (κ3) is 5.03. The van der Waals surface area contributed by atoms with Gasteiger partial charge in [-0.1, -0.05) is 39.0 Å². The van der Waals surface area contributed by atoms with E-state index in [0.29, 0.717) is 11.3 Å². The minimum Gasteiger partial charge on any atom is -0.322 e. The molecule has 0 spiro atoms. The molecule has 0 saturated heterocycles. The van der Waals surface area contributed by atoms with Crippen LogP contribution in [0.5, 0.6) is 0 Å². The standard InChI is InChI=1S/C20H24N2O3S/c1-5-14-21-26(24,25)18-12-10-17(11-13-18)22-19(23)15-6-8-16(9-7-15)20(2,3)4/h5-13,21H,1,14H2,2-4H3,(H,22,23). The summed E-state index contributed by atoms with van der Waals surface area (Å²) in [4.78, 5) is 12.5. The maximum atomic E-state index is 12.3. The highest BCUT2D eigenvalue weighted by molar-refractivity contribution is 7.89. The summed E-state index contributed by atoms with van der Waals surface area (Å²) in [6, 6.07) is 13.5. The molecule has 0 aliphatic heterocycles. The number of rotatable bonds is 6. The number of carbonyl (C=O) groups is 1. The molecule has 0 bridgehead atoms. The lowest BCUT2D eigenvalue weighted by atomic mass is 9.87. The number of hydrogen-bond donors (Lipinski definition) is 2. The lowest BCUT2D eigenvalue weighted by Gasteiger charge is -2.19. The van der Waals surface area contributed by atoms with E-state index in [4.69, 9.17) is 0 Å². The number of benzene rings is 2. The topological polar surface area (TPSA) is 75.3 Å². The van der Waals surface area contributed by atoms with Crippen molar-refractivity contribution >= 4 is 21.6 Å². The van der Waals surface area contributed by atoms with Crippen molar-refractivity contribution in [1.29, 1.82) is 0 Å². The van der Waals surface area contributed by atoms with Crippen LogP contribution in [0.15, 0.2) is 66.1 Å². The smallest absolute Gasteiger partial charge is 0.255 e. The summed E-state index contributed by atoms with van der Waals surface area (Å²) < 4.78 is 26.4. The second-order valence-electron chi connectivity index (χ2n) is 6.95. The Labute approximate surface area is 155 Å². The van der Waals surface area contributed by atoms with Crippen LogP contribution in [0.4, 0.5) is 5.69 Å². The highest BCUT2D eigenvalue weighted by Gasteiger charge is 2.15. The minimum atomic E-state index is -3.57. The maximum Gasteiger partial charge on any atom is 0.255 e. The summed E-state index contributed by atoms with van der Waals surface area (Å²) in [6.45, 7) is 9.97. The van der Waals surface area contributed by atoms with Crippen LogP contribution in [0, 0.1) is 0 Å². The molecule has 0 aliphatic carbocycles. The third-order valence-electron chi connectivity index (χ3n) is 3.85. The predicted octanol–water partition coefficient (Wildman–Crippen LogP) is 3.70. The van der Waals surface area contributed by atoms with Crippen molar-refractivity contribution in [2.75, 3.05) is 11.9 Å². The Kier molecular flexibility index (Phi) is 6.00. The quantitative estimate of drug-likeness (QED) is 0.759. The summed E-state index contributed by atoms with van der Waals surface area (Å²) >= 11 is 0. The molecule has 0 heterocycles. The van der Waals surface area contributed by atoms with Crippen molar-refractivity contribution in [2.24, 2.45) is 0 Å². The first-order valence-electron chi connectivity index (χ1n) is 8.26. The van der Waals surface area contributed by atoms with Gasteiger partial charge in [-0.15, -0.1) is 6.58 Å². The van der Waals surface area contributed by atoms with Gasteiger partial charge in [-0.25, -0.2) is 13.1 Å². The number of nitrogens with one attached hydrogen (secondary N) is 2. The summed E-state index contributed by atoms with van der Waals surface area (Å²) in [6.07, 6.45) is 1.47. The van der Waals surface area contributed by atoms with Gasteiger partial charge in [0.15, 0.2) is 0 Å².